The predicted octanol–water partition coefficient (Wildman–Crippen LogP) is 1.95. The molecule has 1 saturated carbocycles. The lowest BCUT2D eigenvalue weighted by atomic mass is 9.73. The lowest BCUT2D eigenvalue weighted by Gasteiger charge is -2.16. The third-order valence-corrected chi connectivity index (χ3v) is 3.73. The van der Waals surface area contributed by atoms with Crippen LogP contribution in [0.2, 0.25) is 6.82 Å². The number of ether oxygens (including phenoxy) is 1. The lowest BCUT2D eigenvalue weighted by molar-refractivity contribution is 0.337. The number of methoxy groups -OCH3 is 1. The van der Waals surface area contributed by atoms with Crippen molar-refractivity contribution in [3.05, 3.63) is 24.1 Å². The van der Waals surface area contributed by atoms with Gasteiger partial charge in [-0.3, -0.25) is 0 Å². The van der Waals surface area contributed by atoms with Gasteiger partial charge in [0.1, 0.15) is 5.82 Å². The second-order valence-electron chi connectivity index (χ2n) is 4.92. The summed E-state index contributed by atoms with van der Waals surface area (Å²) in [4.78, 5) is 4.31. The Labute approximate surface area is 110 Å². The van der Waals surface area contributed by atoms with E-state index in [1.165, 1.54) is 36.7 Å². The highest BCUT2D eigenvalue weighted by atomic mass is 16.5. The van der Waals surface area contributed by atoms with Gasteiger partial charge in [0.2, 0.25) is 0 Å². The van der Waals surface area contributed by atoms with Crippen LogP contribution < -0.4 is 11.2 Å². The van der Waals surface area contributed by atoms with E-state index in [0.29, 0.717) is 11.7 Å². The third kappa shape index (κ3) is 2.69. The molecular formula is C14H21BN2O. The Morgan fingerprint density at radius 1 is 1.50 bits per heavy atom. The molecule has 0 unspecified atom stereocenters. The Hall–Kier alpha value is -1.45. The van der Waals surface area contributed by atoms with Crippen molar-refractivity contribution in [3.8, 4) is 0 Å². The van der Waals surface area contributed by atoms with Gasteiger partial charge in [-0.25, -0.2) is 4.98 Å². The topological polar surface area (TPSA) is 48.1 Å². The van der Waals surface area contributed by atoms with Gasteiger partial charge in [0, 0.05) is 17.3 Å². The first-order valence-corrected chi connectivity index (χ1v) is 6.73. The summed E-state index contributed by atoms with van der Waals surface area (Å²) in [5, 5.41) is 0. The number of hydrogen-bond donors (Lipinski definition) is 1. The van der Waals surface area contributed by atoms with Gasteiger partial charge in [-0.05, 0) is 18.8 Å². The van der Waals surface area contributed by atoms with Gasteiger partial charge in [0.05, 0.1) is 13.4 Å². The summed E-state index contributed by atoms with van der Waals surface area (Å²) in [5.41, 5.74) is 9.53. The molecule has 1 aromatic heterocycles. The average molecular weight is 244 g/mol. The SMILES string of the molecule is CBc1cnc(N)c(/C(=C/OC)C2CCCC2)c1. The summed E-state index contributed by atoms with van der Waals surface area (Å²) in [6.07, 6.45) is 8.76. The number of anilines is 1. The van der Waals surface area contributed by atoms with Crippen LogP contribution in [0.25, 0.3) is 5.57 Å². The molecule has 0 aliphatic heterocycles. The number of allylic oxidation sites excluding steroid dienone is 1. The molecule has 4 heteroatoms. The third-order valence-electron chi connectivity index (χ3n) is 3.73. The molecule has 0 radical (unpaired) electrons. The highest BCUT2D eigenvalue weighted by molar-refractivity contribution is 6.51. The number of hydrogen-bond acceptors (Lipinski definition) is 3. The fourth-order valence-corrected chi connectivity index (χ4v) is 2.69. The Morgan fingerprint density at radius 2 is 2.22 bits per heavy atom. The first-order valence-electron chi connectivity index (χ1n) is 6.73. The summed E-state index contributed by atoms with van der Waals surface area (Å²) in [6, 6.07) is 2.16. The normalized spacial score (nSPS) is 16.9. The van der Waals surface area contributed by atoms with Gasteiger partial charge >= 0.3 is 0 Å². The number of nitrogen functional groups attached to an aromatic ring is 1. The summed E-state index contributed by atoms with van der Waals surface area (Å²) < 4.78 is 5.25. The van der Waals surface area contributed by atoms with Crippen molar-refractivity contribution < 1.29 is 4.74 Å². The van der Waals surface area contributed by atoms with Crippen LogP contribution >= 0.6 is 0 Å². The predicted molar refractivity (Wildman–Crippen MR) is 78.2 cm³/mol. The number of nitrogens with zero attached hydrogens (tertiary/aromatic N) is 1. The molecule has 0 amide bonds. The van der Waals surface area contributed by atoms with Crippen molar-refractivity contribution in [2.45, 2.75) is 32.5 Å². The first kappa shape index (κ1) is 13.0. The van der Waals surface area contributed by atoms with Crippen LogP contribution in [0.3, 0.4) is 0 Å². The van der Waals surface area contributed by atoms with Crippen LogP contribution in [0.1, 0.15) is 31.2 Å². The summed E-state index contributed by atoms with van der Waals surface area (Å²) in [7, 11) is 2.67. The minimum atomic E-state index is 0.571. The summed E-state index contributed by atoms with van der Waals surface area (Å²) >= 11 is 0. The molecule has 0 saturated heterocycles. The zero-order valence-corrected chi connectivity index (χ0v) is 11.3. The van der Waals surface area contributed by atoms with E-state index >= 15 is 0 Å². The maximum atomic E-state index is 6.04. The molecule has 1 heterocycles. The van der Waals surface area contributed by atoms with Crippen molar-refractivity contribution in [2.75, 3.05) is 12.8 Å². The molecule has 0 aromatic carbocycles. The Kier molecular flexibility index (Phi) is 4.29. The van der Waals surface area contributed by atoms with Gasteiger partial charge < -0.3 is 10.5 Å². The van der Waals surface area contributed by atoms with E-state index < -0.39 is 0 Å². The Morgan fingerprint density at radius 3 is 2.83 bits per heavy atom. The van der Waals surface area contributed by atoms with E-state index in [4.69, 9.17) is 10.5 Å². The number of aromatic nitrogens is 1. The minimum Gasteiger partial charge on any atom is -0.504 e. The smallest absolute Gasteiger partial charge is 0.156 e. The molecule has 0 bridgehead atoms. The van der Waals surface area contributed by atoms with Gasteiger partial charge in [0.15, 0.2) is 7.28 Å². The van der Waals surface area contributed by atoms with Crippen molar-refractivity contribution in [2.24, 2.45) is 5.92 Å². The molecule has 96 valence electrons. The lowest BCUT2D eigenvalue weighted by Crippen LogP contribution is -2.15. The molecule has 2 rings (SSSR count). The van der Waals surface area contributed by atoms with Crippen LogP contribution in [0.5, 0.6) is 0 Å². The van der Waals surface area contributed by atoms with Gasteiger partial charge in [0.25, 0.3) is 0 Å². The molecule has 1 aliphatic carbocycles. The molecule has 2 N–H and O–H groups in total. The highest BCUT2D eigenvalue weighted by Gasteiger charge is 2.23. The van der Waals surface area contributed by atoms with Gasteiger partial charge in [-0.2, -0.15) is 0 Å². The fraction of sp³-hybridized carbons (Fsp3) is 0.500. The van der Waals surface area contributed by atoms with E-state index in [-0.39, 0.29) is 0 Å². The molecule has 1 aliphatic rings. The summed E-state index contributed by atoms with van der Waals surface area (Å²) in [6.45, 7) is 2.13. The molecule has 1 aromatic rings. The van der Waals surface area contributed by atoms with E-state index in [2.05, 4.69) is 17.9 Å². The standard InChI is InChI=1S/C14H21BN2O/c1-15-11-7-12(14(16)17-8-11)13(9-18-2)10-5-3-4-6-10/h7-10,15H,3-6H2,1-2H3,(H2,16,17)/b13-9+. The fourth-order valence-electron chi connectivity index (χ4n) is 2.69. The van der Waals surface area contributed by atoms with Crippen molar-refractivity contribution in [1.82, 2.24) is 4.98 Å². The van der Waals surface area contributed by atoms with Gasteiger partial charge in [-0.15, -0.1) is 0 Å². The minimum absolute atomic E-state index is 0.571. The molecular weight excluding hydrogens is 223 g/mol. The number of pyridine rings is 1. The van der Waals surface area contributed by atoms with E-state index in [1.807, 2.05) is 12.5 Å². The van der Waals surface area contributed by atoms with Crippen molar-refractivity contribution >= 4 is 24.1 Å². The van der Waals surface area contributed by atoms with Crippen LogP contribution in [-0.2, 0) is 4.74 Å². The zero-order valence-electron chi connectivity index (χ0n) is 11.3. The van der Waals surface area contributed by atoms with Gasteiger partial charge in [-0.1, -0.05) is 31.2 Å². The number of nitrogens with two attached hydrogens (primary N) is 1. The molecule has 1 fully saturated rings. The molecule has 18 heavy (non-hydrogen) atoms. The van der Waals surface area contributed by atoms with Crippen molar-refractivity contribution in [1.29, 1.82) is 0 Å². The van der Waals surface area contributed by atoms with Crippen LogP contribution in [-0.4, -0.2) is 19.4 Å². The van der Waals surface area contributed by atoms with Crippen molar-refractivity contribution in [3.63, 3.8) is 0 Å². The zero-order chi connectivity index (χ0) is 13.0. The maximum Gasteiger partial charge on any atom is 0.156 e. The first-order chi connectivity index (χ1) is 8.76. The van der Waals surface area contributed by atoms with Crippen LogP contribution in [0, 0.1) is 5.92 Å². The highest BCUT2D eigenvalue weighted by Crippen LogP contribution is 2.37. The summed E-state index contributed by atoms with van der Waals surface area (Å²) in [5.74, 6) is 1.18. The molecule has 0 spiro atoms. The molecule has 3 nitrogen and oxygen atoms in total. The second-order valence-corrected chi connectivity index (χ2v) is 4.92. The maximum absolute atomic E-state index is 6.04. The molecule has 0 atom stereocenters. The quantitative estimate of drug-likeness (QED) is 0.650. The van der Waals surface area contributed by atoms with Crippen LogP contribution in [0.15, 0.2) is 18.5 Å². The number of rotatable bonds is 4. The Balaban J connectivity index is 2.38. The second kappa shape index (κ2) is 5.94. The van der Waals surface area contributed by atoms with E-state index in [0.717, 1.165) is 12.8 Å². The monoisotopic (exact) mass is 244 g/mol. The Bertz CT molecular complexity index is 439. The van der Waals surface area contributed by atoms with Crippen LogP contribution in [0.4, 0.5) is 5.82 Å². The van der Waals surface area contributed by atoms with E-state index in [1.54, 1.807) is 7.11 Å². The largest absolute Gasteiger partial charge is 0.504 e. The average Bonchev–Trinajstić information content (AvgIpc) is 2.91. The van der Waals surface area contributed by atoms with E-state index in [9.17, 15) is 0 Å².